The molecule has 0 aromatic carbocycles. The largest absolute Gasteiger partial charge is 0.317 e. The fraction of sp³-hybridized carbons (Fsp3) is 1.00. The van der Waals surface area contributed by atoms with Gasteiger partial charge in [-0.1, -0.05) is 19.8 Å². The van der Waals surface area contributed by atoms with Crippen molar-refractivity contribution in [1.82, 2.24) is 15.1 Å². The van der Waals surface area contributed by atoms with Gasteiger partial charge in [0.25, 0.3) is 0 Å². The first-order valence-electron chi connectivity index (χ1n) is 8.50. The van der Waals surface area contributed by atoms with Gasteiger partial charge in [-0.2, -0.15) is 0 Å². The van der Waals surface area contributed by atoms with Crippen molar-refractivity contribution >= 4 is 0 Å². The van der Waals surface area contributed by atoms with Gasteiger partial charge in [0.15, 0.2) is 0 Å². The summed E-state index contributed by atoms with van der Waals surface area (Å²) in [6.07, 6.45) is 8.40. The first-order valence-corrected chi connectivity index (χ1v) is 8.50. The van der Waals surface area contributed by atoms with Crippen LogP contribution in [0.15, 0.2) is 0 Å². The minimum Gasteiger partial charge on any atom is -0.317 e. The third kappa shape index (κ3) is 4.73. The molecular weight excluding hydrogens is 234 g/mol. The van der Waals surface area contributed by atoms with Crippen LogP contribution < -0.4 is 5.32 Å². The van der Waals surface area contributed by atoms with Crippen LogP contribution in [0.1, 0.15) is 52.4 Å². The van der Waals surface area contributed by atoms with E-state index >= 15 is 0 Å². The molecule has 0 aliphatic carbocycles. The van der Waals surface area contributed by atoms with Crippen LogP contribution in [0.25, 0.3) is 0 Å². The van der Waals surface area contributed by atoms with Crippen molar-refractivity contribution in [3.8, 4) is 0 Å². The van der Waals surface area contributed by atoms with Crippen LogP contribution in [0.5, 0.6) is 0 Å². The summed E-state index contributed by atoms with van der Waals surface area (Å²) in [7, 11) is 0. The Bertz CT molecular complexity index is 244. The van der Waals surface area contributed by atoms with Crippen LogP contribution in [0.3, 0.4) is 0 Å². The monoisotopic (exact) mass is 267 g/mol. The van der Waals surface area contributed by atoms with Crippen LogP contribution >= 0.6 is 0 Å². The highest BCUT2D eigenvalue weighted by Gasteiger charge is 2.32. The molecule has 2 fully saturated rings. The van der Waals surface area contributed by atoms with Crippen molar-refractivity contribution in [1.29, 1.82) is 0 Å². The molecule has 112 valence electrons. The van der Waals surface area contributed by atoms with Crippen molar-refractivity contribution in [2.75, 3.05) is 39.3 Å². The molecule has 2 aliphatic heterocycles. The van der Waals surface area contributed by atoms with Gasteiger partial charge in [-0.3, -0.25) is 9.80 Å². The molecule has 0 bridgehead atoms. The molecule has 0 aromatic rings. The second-order valence-corrected chi connectivity index (χ2v) is 6.40. The highest BCUT2D eigenvalue weighted by molar-refractivity contribution is 4.88. The van der Waals surface area contributed by atoms with E-state index in [9.17, 15) is 0 Å². The quantitative estimate of drug-likeness (QED) is 0.714. The summed E-state index contributed by atoms with van der Waals surface area (Å²) in [5, 5.41) is 3.41. The van der Waals surface area contributed by atoms with E-state index in [1.165, 1.54) is 71.2 Å². The summed E-state index contributed by atoms with van der Waals surface area (Å²) >= 11 is 0. The van der Waals surface area contributed by atoms with Gasteiger partial charge in [-0.15, -0.1) is 0 Å². The van der Waals surface area contributed by atoms with Gasteiger partial charge in [0.2, 0.25) is 0 Å². The van der Waals surface area contributed by atoms with Crippen molar-refractivity contribution in [2.45, 2.75) is 64.5 Å². The smallest absolute Gasteiger partial charge is 0.0223 e. The van der Waals surface area contributed by atoms with Gasteiger partial charge in [0.05, 0.1) is 0 Å². The van der Waals surface area contributed by atoms with Gasteiger partial charge < -0.3 is 5.32 Å². The standard InChI is InChI=1S/C16H33N3/c1-3-17-10-6-4-7-11-18-14-16-9-5-8-12-19(16)13-15(18)2/h15-17H,3-14H2,1-2H3. The van der Waals surface area contributed by atoms with Gasteiger partial charge in [-0.05, 0) is 58.8 Å². The van der Waals surface area contributed by atoms with E-state index in [4.69, 9.17) is 0 Å². The second-order valence-electron chi connectivity index (χ2n) is 6.40. The zero-order valence-corrected chi connectivity index (χ0v) is 13.0. The fourth-order valence-electron chi connectivity index (χ4n) is 3.64. The Morgan fingerprint density at radius 3 is 2.84 bits per heavy atom. The Kier molecular flexibility index (Phi) is 6.62. The Balaban J connectivity index is 1.63. The van der Waals surface area contributed by atoms with Crippen molar-refractivity contribution in [3.05, 3.63) is 0 Å². The van der Waals surface area contributed by atoms with E-state index in [0.717, 1.165) is 18.6 Å². The fourth-order valence-corrected chi connectivity index (χ4v) is 3.64. The number of hydrogen-bond acceptors (Lipinski definition) is 3. The van der Waals surface area contributed by atoms with E-state index in [1.807, 2.05) is 0 Å². The number of nitrogens with zero attached hydrogens (tertiary/aromatic N) is 2. The second kappa shape index (κ2) is 8.23. The zero-order valence-electron chi connectivity index (χ0n) is 13.0. The highest BCUT2D eigenvalue weighted by atomic mass is 15.3. The predicted octanol–water partition coefficient (Wildman–Crippen LogP) is 2.32. The Morgan fingerprint density at radius 2 is 2.00 bits per heavy atom. The maximum absolute atomic E-state index is 3.41. The number of fused-ring (bicyclic) bond motifs is 1. The SMILES string of the molecule is CCNCCCCCN1CC2CCCCN2CC1C. The first kappa shape index (κ1) is 15.3. The molecule has 3 heteroatoms. The topological polar surface area (TPSA) is 18.5 Å². The molecule has 0 amide bonds. The Morgan fingerprint density at radius 1 is 1.11 bits per heavy atom. The lowest BCUT2D eigenvalue weighted by Crippen LogP contribution is -2.58. The molecular formula is C16H33N3. The molecule has 3 nitrogen and oxygen atoms in total. The van der Waals surface area contributed by atoms with Crippen molar-refractivity contribution < 1.29 is 0 Å². The third-order valence-corrected chi connectivity index (χ3v) is 4.87. The summed E-state index contributed by atoms with van der Waals surface area (Å²) in [6, 6.07) is 1.63. The summed E-state index contributed by atoms with van der Waals surface area (Å²) in [6.45, 7) is 12.2. The lowest BCUT2D eigenvalue weighted by Gasteiger charge is -2.47. The molecule has 2 unspecified atom stereocenters. The van der Waals surface area contributed by atoms with E-state index in [0.29, 0.717) is 0 Å². The minimum atomic E-state index is 0.767. The summed E-state index contributed by atoms with van der Waals surface area (Å²) in [4.78, 5) is 5.50. The molecule has 2 rings (SSSR count). The Labute approximate surface area is 119 Å². The number of nitrogens with one attached hydrogen (secondary N) is 1. The highest BCUT2D eigenvalue weighted by Crippen LogP contribution is 2.24. The lowest BCUT2D eigenvalue weighted by molar-refractivity contribution is 0.0146. The van der Waals surface area contributed by atoms with E-state index < -0.39 is 0 Å². The number of rotatable bonds is 7. The van der Waals surface area contributed by atoms with Crippen LogP contribution in [0.2, 0.25) is 0 Å². The van der Waals surface area contributed by atoms with Crippen LogP contribution in [0.4, 0.5) is 0 Å². The van der Waals surface area contributed by atoms with Gasteiger partial charge >= 0.3 is 0 Å². The van der Waals surface area contributed by atoms with E-state index in [2.05, 4.69) is 29.0 Å². The van der Waals surface area contributed by atoms with E-state index in [-0.39, 0.29) is 0 Å². The minimum absolute atomic E-state index is 0.767. The molecule has 2 saturated heterocycles. The average Bonchev–Trinajstić information content (AvgIpc) is 2.43. The molecule has 19 heavy (non-hydrogen) atoms. The molecule has 0 aromatic heterocycles. The van der Waals surface area contributed by atoms with Crippen LogP contribution in [-0.4, -0.2) is 61.2 Å². The molecule has 0 radical (unpaired) electrons. The molecule has 1 N–H and O–H groups in total. The van der Waals surface area contributed by atoms with Gasteiger partial charge in [0, 0.05) is 25.2 Å². The first-order chi connectivity index (χ1) is 9.31. The maximum atomic E-state index is 3.41. The van der Waals surface area contributed by atoms with Crippen LogP contribution in [0, 0.1) is 0 Å². The van der Waals surface area contributed by atoms with E-state index in [1.54, 1.807) is 0 Å². The average molecular weight is 267 g/mol. The van der Waals surface area contributed by atoms with Gasteiger partial charge in [-0.25, -0.2) is 0 Å². The maximum Gasteiger partial charge on any atom is 0.0223 e. The number of piperidine rings is 1. The summed E-state index contributed by atoms with van der Waals surface area (Å²) < 4.78 is 0. The molecule has 2 atom stereocenters. The number of piperazine rings is 1. The molecule has 0 saturated carbocycles. The summed E-state index contributed by atoms with van der Waals surface area (Å²) in [5.41, 5.74) is 0. The normalized spacial score (nSPS) is 29.4. The third-order valence-electron chi connectivity index (χ3n) is 4.87. The molecule has 2 aliphatic rings. The Hall–Kier alpha value is -0.120. The zero-order chi connectivity index (χ0) is 13.5. The lowest BCUT2D eigenvalue weighted by atomic mass is 9.97. The molecule has 0 spiro atoms. The number of unbranched alkanes of at least 4 members (excludes halogenated alkanes) is 2. The van der Waals surface area contributed by atoms with Crippen LogP contribution in [-0.2, 0) is 0 Å². The van der Waals surface area contributed by atoms with Gasteiger partial charge in [0.1, 0.15) is 0 Å². The summed E-state index contributed by atoms with van der Waals surface area (Å²) in [5.74, 6) is 0. The van der Waals surface area contributed by atoms with Crippen molar-refractivity contribution in [3.63, 3.8) is 0 Å². The number of hydrogen-bond donors (Lipinski definition) is 1. The predicted molar refractivity (Wildman–Crippen MR) is 82.6 cm³/mol. The molecule has 2 heterocycles. The van der Waals surface area contributed by atoms with Crippen molar-refractivity contribution in [2.24, 2.45) is 0 Å².